The molecule has 118 valence electrons. The van der Waals surface area contributed by atoms with E-state index in [1.54, 1.807) is 0 Å². The largest absolute Gasteiger partial charge is 0.312 e. The zero-order chi connectivity index (χ0) is 14.9. The second kappa shape index (κ2) is 5.97. The monoisotopic (exact) mass is 299 g/mol. The second-order valence-electron chi connectivity index (χ2n) is 6.71. The van der Waals surface area contributed by atoms with E-state index in [0.717, 1.165) is 24.3 Å². The lowest BCUT2D eigenvalue weighted by atomic mass is 10.0. The van der Waals surface area contributed by atoms with Crippen molar-refractivity contribution >= 4 is 11.2 Å². The quantitative estimate of drug-likeness (QED) is 0.945. The predicted octanol–water partition coefficient (Wildman–Crippen LogP) is 2.34. The molecule has 5 nitrogen and oxygen atoms in total. The first-order chi connectivity index (χ1) is 10.8. The minimum Gasteiger partial charge on any atom is -0.312 e. The van der Waals surface area contributed by atoms with E-state index in [9.17, 15) is 0 Å². The van der Waals surface area contributed by atoms with E-state index in [1.165, 1.54) is 44.5 Å². The Balaban J connectivity index is 1.72. The summed E-state index contributed by atoms with van der Waals surface area (Å²) in [5.74, 6) is 1.21. The van der Waals surface area contributed by atoms with Crippen molar-refractivity contribution in [2.75, 3.05) is 20.1 Å². The fourth-order valence-electron chi connectivity index (χ4n) is 3.95. The summed E-state index contributed by atoms with van der Waals surface area (Å²) in [6.45, 7) is 3.31. The summed E-state index contributed by atoms with van der Waals surface area (Å²) in [5, 5.41) is 3.66. The van der Waals surface area contributed by atoms with Crippen LogP contribution in [0.15, 0.2) is 18.3 Å². The van der Waals surface area contributed by atoms with Gasteiger partial charge in [0.15, 0.2) is 5.65 Å². The van der Waals surface area contributed by atoms with Gasteiger partial charge in [0, 0.05) is 18.8 Å². The number of nitrogens with zero attached hydrogens (tertiary/aromatic N) is 4. The zero-order valence-electron chi connectivity index (χ0n) is 13.3. The van der Waals surface area contributed by atoms with E-state index >= 15 is 0 Å². The third kappa shape index (κ3) is 2.52. The van der Waals surface area contributed by atoms with Gasteiger partial charge < -0.3 is 9.88 Å². The standard InChI is InChI=1S/C17H25N5/c1-21-11-5-8-15(21)17-20-14-7-4-10-19-16(14)22(17)12-13-6-2-3-9-18-13/h4,7,10,13,15,18H,2-3,5-6,8-9,11-12H2,1H3. The van der Waals surface area contributed by atoms with Gasteiger partial charge in [0.25, 0.3) is 0 Å². The predicted molar refractivity (Wildman–Crippen MR) is 87.8 cm³/mol. The van der Waals surface area contributed by atoms with Crippen LogP contribution in [-0.4, -0.2) is 45.6 Å². The summed E-state index contributed by atoms with van der Waals surface area (Å²) in [6, 6.07) is 5.07. The summed E-state index contributed by atoms with van der Waals surface area (Å²) in [7, 11) is 2.22. The third-order valence-corrected chi connectivity index (χ3v) is 5.17. The van der Waals surface area contributed by atoms with E-state index in [-0.39, 0.29) is 0 Å². The number of fused-ring (bicyclic) bond motifs is 1. The van der Waals surface area contributed by atoms with Crippen LogP contribution in [0.5, 0.6) is 0 Å². The van der Waals surface area contributed by atoms with Crippen molar-refractivity contribution in [2.24, 2.45) is 0 Å². The highest BCUT2D eigenvalue weighted by Gasteiger charge is 2.29. The SMILES string of the molecule is CN1CCCC1c1nc2cccnc2n1CC1CCCCN1. The summed E-state index contributed by atoms with van der Waals surface area (Å²) < 4.78 is 2.38. The Bertz CT molecular complexity index is 644. The maximum atomic E-state index is 4.94. The Morgan fingerprint density at radius 2 is 2.23 bits per heavy atom. The highest BCUT2D eigenvalue weighted by Crippen LogP contribution is 2.32. The third-order valence-electron chi connectivity index (χ3n) is 5.17. The van der Waals surface area contributed by atoms with Crippen LogP contribution in [0.2, 0.25) is 0 Å². The Morgan fingerprint density at radius 3 is 3.00 bits per heavy atom. The number of rotatable bonds is 3. The summed E-state index contributed by atoms with van der Waals surface area (Å²) >= 11 is 0. The van der Waals surface area contributed by atoms with Crippen LogP contribution in [0.3, 0.4) is 0 Å². The van der Waals surface area contributed by atoms with Crippen LogP contribution in [0.1, 0.15) is 44.0 Å². The molecule has 0 spiro atoms. The van der Waals surface area contributed by atoms with Crippen LogP contribution in [0.25, 0.3) is 11.2 Å². The van der Waals surface area contributed by atoms with Crippen LogP contribution >= 0.6 is 0 Å². The maximum absolute atomic E-state index is 4.94. The molecule has 2 aromatic rings. The molecular formula is C17H25N5. The molecule has 2 aliphatic rings. The van der Waals surface area contributed by atoms with Crippen molar-refractivity contribution in [3.63, 3.8) is 0 Å². The van der Waals surface area contributed by atoms with E-state index in [4.69, 9.17) is 4.98 Å². The van der Waals surface area contributed by atoms with Crippen LogP contribution in [0.4, 0.5) is 0 Å². The minimum atomic E-state index is 0.442. The highest BCUT2D eigenvalue weighted by molar-refractivity contribution is 5.71. The number of hydrogen-bond acceptors (Lipinski definition) is 4. The molecule has 2 unspecified atom stereocenters. The molecule has 0 amide bonds. The summed E-state index contributed by atoms with van der Waals surface area (Å²) in [5.41, 5.74) is 2.08. The van der Waals surface area contributed by atoms with Gasteiger partial charge in [-0.15, -0.1) is 0 Å². The van der Waals surface area contributed by atoms with E-state index in [0.29, 0.717) is 12.1 Å². The average molecular weight is 299 g/mol. The van der Waals surface area contributed by atoms with Gasteiger partial charge in [0.05, 0.1) is 6.04 Å². The van der Waals surface area contributed by atoms with Gasteiger partial charge in [-0.1, -0.05) is 6.42 Å². The molecule has 2 atom stereocenters. The molecule has 0 saturated carbocycles. The molecule has 0 bridgehead atoms. The molecule has 2 saturated heterocycles. The molecule has 4 rings (SSSR count). The number of imidazole rings is 1. The lowest BCUT2D eigenvalue weighted by molar-refractivity contribution is 0.290. The zero-order valence-corrected chi connectivity index (χ0v) is 13.3. The molecular weight excluding hydrogens is 274 g/mol. The fraction of sp³-hybridized carbons (Fsp3) is 0.647. The molecule has 0 aromatic carbocycles. The van der Waals surface area contributed by atoms with Gasteiger partial charge in [0.2, 0.25) is 0 Å². The van der Waals surface area contributed by atoms with Gasteiger partial charge in [-0.25, -0.2) is 9.97 Å². The minimum absolute atomic E-state index is 0.442. The summed E-state index contributed by atoms with van der Waals surface area (Å²) in [4.78, 5) is 12.0. The van der Waals surface area contributed by atoms with Gasteiger partial charge in [-0.3, -0.25) is 4.90 Å². The fourth-order valence-corrected chi connectivity index (χ4v) is 3.95. The van der Waals surface area contributed by atoms with E-state index in [1.807, 2.05) is 12.3 Å². The van der Waals surface area contributed by atoms with E-state index in [2.05, 4.69) is 32.9 Å². The van der Waals surface area contributed by atoms with Crippen molar-refractivity contribution in [2.45, 2.75) is 50.7 Å². The lowest BCUT2D eigenvalue weighted by Gasteiger charge is -2.26. The van der Waals surface area contributed by atoms with Crippen LogP contribution in [0, 0.1) is 0 Å². The normalized spacial score (nSPS) is 26.8. The van der Waals surface area contributed by atoms with Gasteiger partial charge in [-0.05, 0) is 58.0 Å². The molecule has 5 heteroatoms. The van der Waals surface area contributed by atoms with E-state index < -0.39 is 0 Å². The molecule has 0 aliphatic carbocycles. The Morgan fingerprint density at radius 1 is 1.27 bits per heavy atom. The van der Waals surface area contributed by atoms with Gasteiger partial charge in [0.1, 0.15) is 11.3 Å². The number of piperidine rings is 1. The molecule has 2 aliphatic heterocycles. The summed E-state index contributed by atoms with van der Waals surface area (Å²) in [6.07, 6.45) is 8.24. The maximum Gasteiger partial charge on any atom is 0.160 e. The molecule has 4 heterocycles. The topological polar surface area (TPSA) is 46.0 Å². The number of hydrogen-bond donors (Lipinski definition) is 1. The smallest absolute Gasteiger partial charge is 0.160 e. The van der Waals surface area contributed by atoms with Crippen LogP contribution in [-0.2, 0) is 6.54 Å². The Labute approximate surface area is 131 Å². The number of pyridine rings is 1. The molecule has 2 fully saturated rings. The molecule has 22 heavy (non-hydrogen) atoms. The van der Waals surface area contributed by atoms with Crippen molar-refractivity contribution < 1.29 is 0 Å². The first kappa shape index (κ1) is 14.2. The number of nitrogens with one attached hydrogen (secondary N) is 1. The first-order valence-corrected chi connectivity index (χ1v) is 8.58. The van der Waals surface area contributed by atoms with Gasteiger partial charge in [-0.2, -0.15) is 0 Å². The first-order valence-electron chi connectivity index (χ1n) is 8.58. The second-order valence-corrected chi connectivity index (χ2v) is 6.71. The highest BCUT2D eigenvalue weighted by atomic mass is 15.2. The Kier molecular flexibility index (Phi) is 3.84. The molecule has 2 aromatic heterocycles. The average Bonchev–Trinajstić information content (AvgIpc) is 3.12. The Hall–Kier alpha value is -1.46. The van der Waals surface area contributed by atoms with Crippen molar-refractivity contribution in [3.05, 3.63) is 24.2 Å². The van der Waals surface area contributed by atoms with Crippen LogP contribution < -0.4 is 5.32 Å². The molecule has 1 N–H and O–H groups in total. The van der Waals surface area contributed by atoms with Gasteiger partial charge >= 0.3 is 0 Å². The number of aromatic nitrogens is 3. The van der Waals surface area contributed by atoms with Crippen molar-refractivity contribution in [1.82, 2.24) is 24.8 Å². The lowest BCUT2D eigenvalue weighted by Crippen LogP contribution is -2.38. The van der Waals surface area contributed by atoms with Crippen molar-refractivity contribution in [1.29, 1.82) is 0 Å². The molecule has 0 radical (unpaired) electrons. The van der Waals surface area contributed by atoms with Crippen molar-refractivity contribution in [3.8, 4) is 0 Å². The number of likely N-dealkylation sites (tertiary alicyclic amines) is 1.